The maximum atomic E-state index is 12.4. The second-order valence-corrected chi connectivity index (χ2v) is 8.56. The number of rotatable bonds is 6. The van der Waals surface area contributed by atoms with Crippen LogP contribution in [-0.2, 0) is 30.6 Å². The second kappa shape index (κ2) is 10.2. The fourth-order valence-corrected chi connectivity index (χ4v) is 4.77. The van der Waals surface area contributed by atoms with Gasteiger partial charge in [0.05, 0.1) is 17.1 Å². The minimum Gasteiger partial charge on any atom is -0.508 e. The van der Waals surface area contributed by atoms with Gasteiger partial charge >= 0.3 is 0 Å². The van der Waals surface area contributed by atoms with Crippen molar-refractivity contribution >= 4 is 22.5 Å². The van der Waals surface area contributed by atoms with Gasteiger partial charge in [-0.2, -0.15) is 0 Å². The molecule has 33 heavy (non-hydrogen) atoms. The number of amides is 1. The van der Waals surface area contributed by atoms with Crippen molar-refractivity contribution in [2.45, 2.75) is 6.42 Å². The van der Waals surface area contributed by atoms with Crippen LogP contribution in [0.4, 0.5) is 5.69 Å². The summed E-state index contributed by atoms with van der Waals surface area (Å²) in [6, 6.07) is 15.3. The minimum absolute atomic E-state index is 0. The van der Waals surface area contributed by atoms with Crippen LogP contribution < -0.4 is 20.3 Å². The maximum absolute atomic E-state index is 12.4. The van der Waals surface area contributed by atoms with Crippen molar-refractivity contribution < 1.29 is 40.5 Å². The summed E-state index contributed by atoms with van der Waals surface area (Å²) in [6.07, 6.45) is 1.01. The van der Waals surface area contributed by atoms with Crippen LogP contribution in [0.1, 0.15) is 6.42 Å². The molecule has 2 unspecified atom stereocenters. The number of nitrogens with zero attached hydrogens (tertiary/aromatic N) is 2. The summed E-state index contributed by atoms with van der Waals surface area (Å²) < 4.78 is 5.73. The number of benzene rings is 2. The monoisotopic (exact) mass is 477 g/mol. The van der Waals surface area contributed by atoms with E-state index in [0.29, 0.717) is 19.1 Å². The number of carbonyl (C=O) groups excluding carboxylic acids is 1. The summed E-state index contributed by atoms with van der Waals surface area (Å²) in [5, 5.41) is 17.1. The minimum atomic E-state index is 0. The van der Waals surface area contributed by atoms with E-state index < -0.39 is 0 Å². The summed E-state index contributed by atoms with van der Waals surface area (Å²) in [5.74, 6) is 1.57. The van der Waals surface area contributed by atoms with E-state index in [0.717, 1.165) is 59.7 Å². The molecule has 0 bridgehead atoms. The summed E-state index contributed by atoms with van der Waals surface area (Å²) in [7, 11) is 1.90. The van der Waals surface area contributed by atoms with E-state index in [9.17, 15) is 9.90 Å². The first-order valence-corrected chi connectivity index (χ1v) is 11.2. The quantitative estimate of drug-likeness (QED) is 0.474. The van der Waals surface area contributed by atoms with Gasteiger partial charge in [-0.15, -0.1) is 0 Å². The maximum Gasteiger partial charge on any atom is 0.225 e. The van der Waals surface area contributed by atoms with E-state index in [-0.39, 0.29) is 43.4 Å². The van der Waals surface area contributed by atoms with Gasteiger partial charge in [0.1, 0.15) is 18.1 Å². The largest absolute Gasteiger partial charge is 0.508 e. The zero-order valence-corrected chi connectivity index (χ0v) is 20.6. The molecule has 2 aliphatic rings. The Balaban J connectivity index is 0.00000259. The van der Waals surface area contributed by atoms with Crippen molar-refractivity contribution in [2.75, 3.05) is 44.7 Å². The number of carbonyl (C=O) groups is 1. The van der Waals surface area contributed by atoms with Crippen LogP contribution in [-0.4, -0.2) is 55.8 Å². The molecule has 1 amide bonds. The Kier molecular flexibility index (Phi) is 7.34. The topological polar surface area (TPSA) is 86.7 Å². The Morgan fingerprint density at radius 3 is 2.76 bits per heavy atom. The number of ether oxygens (including phenoxy) is 1. The van der Waals surface area contributed by atoms with Crippen molar-refractivity contribution in [2.24, 2.45) is 11.8 Å². The van der Waals surface area contributed by atoms with E-state index in [1.807, 2.05) is 37.4 Å². The number of anilines is 1. The molecule has 1 aromatic heterocycles. The molecule has 2 fully saturated rings. The van der Waals surface area contributed by atoms with Gasteiger partial charge in [-0.1, -0.05) is 0 Å². The number of piperidine rings is 1. The average molecular weight is 477 g/mol. The predicted octanol–water partition coefficient (Wildman–Crippen LogP) is 2.78. The van der Waals surface area contributed by atoms with Gasteiger partial charge in [-0.3, -0.25) is 4.79 Å². The van der Waals surface area contributed by atoms with E-state index in [1.165, 1.54) is 0 Å². The van der Waals surface area contributed by atoms with Gasteiger partial charge in [0.2, 0.25) is 5.91 Å². The van der Waals surface area contributed by atoms with Crippen molar-refractivity contribution in [3.05, 3.63) is 48.5 Å². The van der Waals surface area contributed by atoms with E-state index in [4.69, 9.17) is 9.72 Å². The molecule has 169 valence electrons. The Labute approximate surface area is 212 Å². The van der Waals surface area contributed by atoms with Crippen molar-refractivity contribution in [1.82, 2.24) is 15.6 Å². The van der Waals surface area contributed by atoms with Crippen LogP contribution in [0.3, 0.4) is 0 Å². The van der Waals surface area contributed by atoms with E-state index in [2.05, 4.69) is 21.6 Å². The molecule has 0 spiro atoms. The number of phenolic OH excluding ortho intramolecular Hbond substituents is 1. The number of fused-ring (bicyclic) bond motifs is 2. The Morgan fingerprint density at radius 2 is 2.00 bits per heavy atom. The molecule has 7 nitrogen and oxygen atoms in total. The summed E-state index contributed by atoms with van der Waals surface area (Å²) >= 11 is 0. The zero-order valence-electron chi connectivity index (χ0n) is 18.8. The third-order valence-corrected chi connectivity index (χ3v) is 6.48. The molecule has 2 aliphatic heterocycles. The van der Waals surface area contributed by atoms with Gasteiger partial charge in [0.15, 0.2) is 0 Å². The van der Waals surface area contributed by atoms with Crippen LogP contribution in [0.2, 0.25) is 0 Å². The van der Waals surface area contributed by atoms with Gasteiger partial charge in [0, 0.05) is 74.7 Å². The number of hydrogen-bond donors (Lipinski definition) is 3. The number of likely N-dealkylation sites (N-methyl/N-ethyl adjacent to an activating group) is 1. The van der Waals surface area contributed by atoms with Gasteiger partial charge in [0.25, 0.3) is 0 Å². The first-order chi connectivity index (χ1) is 15.6. The SMILES string of the molecule is CNCCOc1ccc(-c2cc(N3CC4CCNC(=O)C4C3)c3ccc(O)cc3n2)cc1.[Sc]. The predicted molar refractivity (Wildman–Crippen MR) is 125 cm³/mol. The molecule has 2 aromatic carbocycles. The first-order valence-electron chi connectivity index (χ1n) is 11.2. The fraction of sp³-hybridized carbons (Fsp3) is 0.360. The molecule has 0 saturated carbocycles. The first kappa shape index (κ1) is 23.7. The van der Waals surface area contributed by atoms with Crippen LogP contribution in [0.5, 0.6) is 11.5 Å². The molecule has 5 rings (SSSR count). The molecule has 1 radical (unpaired) electrons. The number of nitrogens with one attached hydrogen (secondary N) is 2. The van der Waals surface area contributed by atoms with Crippen molar-refractivity contribution in [1.29, 1.82) is 0 Å². The van der Waals surface area contributed by atoms with Gasteiger partial charge in [-0.25, -0.2) is 4.98 Å². The molecule has 3 N–H and O–H groups in total. The Bertz CT molecular complexity index is 1140. The number of aromatic nitrogens is 1. The molecule has 3 heterocycles. The van der Waals surface area contributed by atoms with Crippen molar-refractivity contribution in [3.8, 4) is 22.8 Å². The summed E-state index contributed by atoms with van der Waals surface area (Å²) in [4.78, 5) is 19.5. The number of aromatic hydroxyl groups is 1. The fourth-order valence-electron chi connectivity index (χ4n) is 4.77. The third kappa shape index (κ3) is 4.92. The van der Waals surface area contributed by atoms with Crippen LogP contribution >= 0.6 is 0 Å². The van der Waals surface area contributed by atoms with Gasteiger partial charge < -0.3 is 25.4 Å². The average Bonchev–Trinajstić information content (AvgIpc) is 3.24. The molecule has 8 heteroatoms. The zero-order chi connectivity index (χ0) is 22.1. The third-order valence-electron chi connectivity index (χ3n) is 6.48. The summed E-state index contributed by atoms with van der Waals surface area (Å²) in [5.41, 5.74) is 3.61. The number of phenols is 1. The van der Waals surface area contributed by atoms with E-state index in [1.54, 1.807) is 12.1 Å². The van der Waals surface area contributed by atoms with Gasteiger partial charge in [-0.05, 0) is 61.9 Å². The van der Waals surface area contributed by atoms with Crippen LogP contribution in [0.25, 0.3) is 22.2 Å². The molecule has 3 aromatic rings. The number of hydrogen-bond acceptors (Lipinski definition) is 6. The Hall–Kier alpha value is -2.45. The molecule has 0 aliphatic carbocycles. The second-order valence-electron chi connectivity index (χ2n) is 8.56. The molecule has 2 saturated heterocycles. The molecular weight excluding hydrogens is 449 g/mol. The van der Waals surface area contributed by atoms with Crippen LogP contribution in [0, 0.1) is 11.8 Å². The normalized spacial score (nSPS) is 19.7. The summed E-state index contributed by atoms with van der Waals surface area (Å²) in [6.45, 7) is 3.71. The van der Waals surface area contributed by atoms with Crippen molar-refractivity contribution in [3.63, 3.8) is 0 Å². The number of pyridine rings is 1. The standard InChI is InChI=1S/C25H28N4O3.Sc/c1-26-10-11-32-19-5-2-16(3-6-19)22-13-24(20-7-4-18(30)12-23(20)28-22)29-14-17-8-9-27-25(31)21(17)15-29;/h2-7,12-13,17,21,26,30H,8-11,14-15H2,1H3,(H,27,31);. The van der Waals surface area contributed by atoms with Crippen LogP contribution in [0.15, 0.2) is 48.5 Å². The molecule has 2 atom stereocenters. The molecular formula is C25H28N4O3Sc. The van der Waals surface area contributed by atoms with E-state index >= 15 is 0 Å². The Morgan fingerprint density at radius 1 is 1.18 bits per heavy atom. The smallest absolute Gasteiger partial charge is 0.225 e.